The van der Waals surface area contributed by atoms with E-state index in [-0.39, 0.29) is 5.69 Å². The second-order valence-corrected chi connectivity index (χ2v) is 7.50. The third kappa shape index (κ3) is 5.39. The second-order valence-electron chi connectivity index (χ2n) is 5.13. The average Bonchev–Trinajstić information content (AvgIpc) is 2.60. The summed E-state index contributed by atoms with van der Waals surface area (Å²) < 4.78 is 3.12. The first-order valence-corrected chi connectivity index (χ1v) is 8.36. The Labute approximate surface area is 164 Å². The molecule has 2 aromatic carbocycles. The molecule has 0 fully saturated rings. The molecule has 0 aromatic heterocycles. The molecule has 0 aliphatic rings. The van der Waals surface area contributed by atoms with Gasteiger partial charge in [0, 0.05) is 23.4 Å². The van der Waals surface area contributed by atoms with E-state index in [1.165, 1.54) is 25.3 Å². The number of carbonyl (C=O) groups excluding carboxylic acids is 1. The van der Waals surface area contributed by atoms with Crippen LogP contribution in [-0.4, -0.2) is 27.9 Å². The Balaban J connectivity index is 2.18. The number of hydrogen-bond acceptors (Lipinski definition) is 5. The van der Waals surface area contributed by atoms with Gasteiger partial charge in [0.05, 0.1) is 12.0 Å². The van der Waals surface area contributed by atoms with Crippen molar-refractivity contribution in [1.82, 2.24) is 5.32 Å². The van der Waals surface area contributed by atoms with Crippen molar-refractivity contribution in [2.75, 3.05) is 12.4 Å². The Morgan fingerprint density at radius 2 is 1.85 bits per heavy atom. The quantitative estimate of drug-likeness (QED) is 0.318. The second kappa shape index (κ2) is 8.44. The first-order chi connectivity index (χ1) is 12.2. The molecule has 7 nitrogen and oxygen atoms in total. The SMILES string of the molecule is COc1ccc(C(=O)NC(Nc2cccc([N+](=O)[O-])c2)C(Cl)(Cl)Cl)cc1. The summed E-state index contributed by atoms with van der Waals surface area (Å²) in [6.07, 6.45) is -1.14. The van der Waals surface area contributed by atoms with Crippen molar-refractivity contribution in [1.29, 1.82) is 0 Å². The molecule has 1 atom stereocenters. The summed E-state index contributed by atoms with van der Waals surface area (Å²) in [7, 11) is 1.51. The molecular weight excluding hydrogens is 405 g/mol. The van der Waals surface area contributed by atoms with Crippen LogP contribution in [0.3, 0.4) is 0 Å². The zero-order valence-electron chi connectivity index (χ0n) is 13.4. The van der Waals surface area contributed by atoms with Crippen molar-refractivity contribution in [3.63, 3.8) is 0 Å². The Morgan fingerprint density at radius 1 is 1.19 bits per heavy atom. The van der Waals surface area contributed by atoms with Crippen LogP contribution in [0.2, 0.25) is 0 Å². The van der Waals surface area contributed by atoms with Gasteiger partial charge in [-0.3, -0.25) is 14.9 Å². The zero-order chi connectivity index (χ0) is 19.3. The van der Waals surface area contributed by atoms with E-state index in [1.807, 2.05) is 0 Å². The standard InChI is InChI=1S/C16H14Cl3N3O4/c1-26-13-7-5-10(6-8-13)14(23)21-15(16(17,18)19)20-11-3-2-4-12(9-11)22(24)25/h2-9,15,20H,1H3,(H,21,23). The number of carbonyl (C=O) groups is 1. The summed E-state index contributed by atoms with van der Waals surface area (Å²) in [5.74, 6) is 0.0936. The van der Waals surface area contributed by atoms with E-state index in [9.17, 15) is 14.9 Å². The van der Waals surface area contributed by atoms with Crippen LogP contribution in [0, 0.1) is 10.1 Å². The number of alkyl halides is 3. The third-order valence-electron chi connectivity index (χ3n) is 3.32. The zero-order valence-corrected chi connectivity index (χ0v) is 15.7. The van der Waals surface area contributed by atoms with E-state index in [2.05, 4.69) is 10.6 Å². The van der Waals surface area contributed by atoms with Crippen LogP contribution in [0.25, 0.3) is 0 Å². The van der Waals surface area contributed by atoms with Gasteiger partial charge in [0.15, 0.2) is 0 Å². The molecule has 0 aliphatic heterocycles. The van der Waals surface area contributed by atoms with E-state index in [4.69, 9.17) is 39.5 Å². The molecule has 2 rings (SSSR count). The topological polar surface area (TPSA) is 93.5 Å². The molecule has 2 N–H and O–H groups in total. The van der Waals surface area contributed by atoms with E-state index >= 15 is 0 Å². The number of ether oxygens (including phenoxy) is 1. The maximum Gasteiger partial charge on any atom is 0.271 e. The first kappa shape index (κ1) is 20.1. The average molecular weight is 419 g/mol. The Kier molecular flexibility index (Phi) is 6.52. The molecule has 10 heteroatoms. The van der Waals surface area contributed by atoms with Crippen LogP contribution >= 0.6 is 34.8 Å². The van der Waals surface area contributed by atoms with Crippen LogP contribution in [0.1, 0.15) is 10.4 Å². The van der Waals surface area contributed by atoms with Crippen LogP contribution < -0.4 is 15.4 Å². The predicted octanol–water partition coefficient (Wildman–Crippen LogP) is 4.14. The number of nitro groups is 1. The predicted molar refractivity (Wildman–Crippen MR) is 101 cm³/mol. The number of non-ortho nitro benzene ring substituents is 1. The van der Waals surface area contributed by atoms with Gasteiger partial charge in [0.1, 0.15) is 11.9 Å². The molecule has 1 unspecified atom stereocenters. The van der Waals surface area contributed by atoms with Gasteiger partial charge in [0.2, 0.25) is 3.79 Å². The highest BCUT2D eigenvalue weighted by atomic mass is 35.6. The molecular formula is C16H14Cl3N3O4. The highest BCUT2D eigenvalue weighted by molar-refractivity contribution is 6.68. The summed E-state index contributed by atoms with van der Waals surface area (Å²) >= 11 is 17.8. The van der Waals surface area contributed by atoms with Crippen LogP contribution in [0.5, 0.6) is 5.75 Å². The third-order valence-corrected chi connectivity index (χ3v) is 3.98. The van der Waals surface area contributed by atoms with Gasteiger partial charge < -0.3 is 15.4 Å². The number of rotatable bonds is 6. The van der Waals surface area contributed by atoms with Crippen LogP contribution in [-0.2, 0) is 0 Å². The lowest BCUT2D eigenvalue weighted by Crippen LogP contribution is -2.49. The van der Waals surface area contributed by atoms with Gasteiger partial charge in [-0.25, -0.2) is 0 Å². The molecule has 1 amide bonds. The summed E-state index contributed by atoms with van der Waals surface area (Å²) in [6.45, 7) is 0. The number of nitro benzene ring substituents is 1. The van der Waals surface area contributed by atoms with Crippen molar-refractivity contribution in [2.45, 2.75) is 9.96 Å². The molecule has 0 saturated carbocycles. The van der Waals surface area contributed by atoms with Crippen molar-refractivity contribution >= 4 is 52.1 Å². The summed E-state index contributed by atoms with van der Waals surface area (Å²) in [5, 5.41) is 16.2. The maximum absolute atomic E-state index is 12.4. The van der Waals surface area contributed by atoms with Crippen molar-refractivity contribution in [3.8, 4) is 5.75 Å². The summed E-state index contributed by atoms with van der Waals surface area (Å²) in [4.78, 5) is 22.7. The van der Waals surface area contributed by atoms with Crippen LogP contribution in [0.4, 0.5) is 11.4 Å². The number of benzene rings is 2. The molecule has 0 aliphatic carbocycles. The largest absolute Gasteiger partial charge is 0.497 e. The fourth-order valence-electron chi connectivity index (χ4n) is 2.03. The molecule has 0 radical (unpaired) electrons. The first-order valence-electron chi connectivity index (χ1n) is 7.23. The lowest BCUT2D eigenvalue weighted by atomic mass is 10.2. The Bertz CT molecular complexity index is 794. The minimum absolute atomic E-state index is 0.139. The summed E-state index contributed by atoms with van der Waals surface area (Å²) in [6, 6.07) is 12.0. The van der Waals surface area contributed by atoms with Gasteiger partial charge in [-0.05, 0) is 30.3 Å². The fraction of sp³-hybridized carbons (Fsp3) is 0.188. The van der Waals surface area contributed by atoms with Gasteiger partial charge in [-0.2, -0.15) is 0 Å². The van der Waals surface area contributed by atoms with Crippen molar-refractivity contribution < 1.29 is 14.5 Å². The molecule has 2 aromatic rings. The number of anilines is 1. The minimum atomic E-state index is -1.91. The number of hydrogen-bond donors (Lipinski definition) is 2. The molecule has 0 spiro atoms. The van der Waals surface area contributed by atoms with E-state index in [0.717, 1.165) is 0 Å². The smallest absolute Gasteiger partial charge is 0.271 e. The Morgan fingerprint density at radius 3 is 2.38 bits per heavy atom. The van der Waals surface area contributed by atoms with E-state index in [1.54, 1.807) is 30.3 Å². The van der Waals surface area contributed by atoms with E-state index in [0.29, 0.717) is 17.0 Å². The van der Waals surface area contributed by atoms with Crippen molar-refractivity contribution in [3.05, 3.63) is 64.2 Å². The lowest BCUT2D eigenvalue weighted by molar-refractivity contribution is -0.384. The molecule has 0 bridgehead atoms. The van der Waals surface area contributed by atoms with Gasteiger partial charge in [-0.15, -0.1) is 0 Å². The highest BCUT2D eigenvalue weighted by Crippen LogP contribution is 2.32. The maximum atomic E-state index is 12.4. The number of amides is 1. The number of halogens is 3. The number of methoxy groups -OCH3 is 1. The lowest BCUT2D eigenvalue weighted by Gasteiger charge is -2.27. The Hall–Kier alpha value is -2.22. The summed E-state index contributed by atoms with van der Waals surface area (Å²) in [5.41, 5.74) is 0.496. The molecule has 0 heterocycles. The molecule has 138 valence electrons. The molecule has 26 heavy (non-hydrogen) atoms. The number of nitrogens with one attached hydrogen (secondary N) is 2. The van der Waals surface area contributed by atoms with Gasteiger partial charge in [0.25, 0.3) is 11.6 Å². The minimum Gasteiger partial charge on any atom is -0.497 e. The van der Waals surface area contributed by atoms with Crippen molar-refractivity contribution in [2.24, 2.45) is 0 Å². The number of nitrogens with zero attached hydrogens (tertiary/aromatic N) is 1. The fourth-order valence-corrected chi connectivity index (χ4v) is 2.36. The van der Waals surface area contributed by atoms with Gasteiger partial charge in [-0.1, -0.05) is 40.9 Å². The molecule has 0 saturated heterocycles. The monoisotopic (exact) mass is 417 g/mol. The van der Waals surface area contributed by atoms with E-state index < -0.39 is 20.8 Å². The normalized spacial score (nSPS) is 12.2. The van der Waals surface area contributed by atoms with Crippen LogP contribution in [0.15, 0.2) is 48.5 Å². The highest BCUT2D eigenvalue weighted by Gasteiger charge is 2.34. The van der Waals surface area contributed by atoms with Gasteiger partial charge >= 0.3 is 0 Å².